The summed E-state index contributed by atoms with van der Waals surface area (Å²) >= 11 is 1.48. The molecule has 1 aliphatic carbocycles. The summed E-state index contributed by atoms with van der Waals surface area (Å²) in [5.74, 6) is 0.943. The normalized spacial score (nSPS) is 18.1. The molecule has 3 rings (SSSR count). The molecule has 1 unspecified atom stereocenters. The van der Waals surface area contributed by atoms with Crippen LogP contribution in [0.15, 0.2) is 30.4 Å². The molecular weight excluding hydrogens is 272 g/mol. The molecule has 0 saturated heterocycles. The third-order valence-corrected chi connectivity index (χ3v) is 4.40. The van der Waals surface area contributed by atoms with E-state index in [1.807, 2.05) is 18.2 Å². The number of thiazole rings is 1. The van der Waals surface area contributed by atoms with Crippen molar-refractivity contribution in [2.24, 2.45) is 5.92 Å². The van der Waals surface area contributed by atoms with Crippen LogP contribution in [0, 0.1) is 5.92 Å². The monoisotopic (exact) mass is 288 g/mol. The summed E-state index contributed by atoms with van der Waals surface area (Å²) in [6.07, 6.45) is 6.94. The summed E-state index contributed by atoms with van der Waals surface area (Å²) in [5.41, 5.74) is 0.884. The van der Waals surface area contributed by atoms with Crippen molar-refractivity contribution in [2.75, 3.05) is 12.4 Å². The summed E-state index contributed by atoms with van der Waals surface area (Å²) < 4.78 is 6.21. The van der Waals surface area contributed by atoms with Crippen molar-refractivity contribution < 1.29 is 9.53 Å². The van der Waals surface area contributed by atoms with Crippen molar-refractivity contribution in [3.05, 3.63) is 30.4 Å². The smallest absolute Gasteiger partial charge is 0.229 e. The Bertz CT molecular complexity index is 663. The molecule has 1 aromatic heterocycles. The van der Waals surface area contributed by atoms with E-state index in [-0.39, 0.29) is 11.8 Å². The maximum absolute atomic E-state index is 12.2. The predicted molar refractivity (Wildman–Crippen MR) is 81.3 cm³/mol. The molecule has 104 valence electrons. The van der Waals surface area contributed by atoms with Crippen LogP contribution in [0.25, 0.3) is 10.2 Å². The molecular formula is C15H16N2O2S. The molecule has 1 amide bonds. The topological polar surface area (TPSA) is 51.2 Å². The number of allylic oxidation sites excluding steroid dienone is 2. The van der Waals surface area contributed by atoms with Crippen LogP contribution >= 0.6 is 11.3 Å². The number of carbonyl (C=O) groups is 1. The number of ether oxygens (including phenoxy) is 1. The fourth-order valence-corrected chi connectivity index (χ4v) is 3.22. The lowest BCUT2D eigenvalue weighted by Gasteiger charge is -2.15. The highest BCUT2D eigenvalue weighted by Gasteiger charge is 2.19. The molecule has 0 fully saturated rings. The Hall–Kier alpha value is -1.88. The fraction of sp³-hybridized carbons (Fsp3) is 0.333. The highest BCUT2D eigenvalue weighted by Crippen LogP contribution is 2.30. The molecule has 5 heteroatoms. The Labute approximate surface area is 121 Å². The third kappa shape index (κ3) is 2.67. The van der Waals surface area contributed by atoms with Crippen molar-refractivity contribution in [1.82, 2.24) is 4.98 Å². The van der Waals surface area contributed by atoms with Gasteiger partial charge in [0.1, 0.15) is 5.75 Å². The molecule has 4 nitrogen and oxygen atoms in total. The zero-order valence-electron chi connectivity index (χ0n) is 11.3. The summed E-state index contributed by atoms with van der Waals surface area (Å²) in [7, 11) is 1.64. The van der Waals surface area contributed by atoms with E-state index in [0.29, 0.717) is 5.13 Å². The standard InChI is InChI=1S/C15H16N2O2S/c1-19-11-7-8-12-13(9-11)20-15(16-12)17-14(18)10-5-3-2-4-6-10/h2-3,7-10H,4-6H2,1H3,(H,16,17,18). The number of methoxy groups -OCH3 is 1. The average molecular weight is 288 g/mol. The molecule has 0 spiro atoms. The van der Waals surface area contributed by atoms with Crippen LogP contribution in [0.1, 0.15) is 19.3 Å². The maximum Gasteiger partial charge on any atom is 0.229 e. The van der Waals surface area contributed by atoms with Gasteiger partial charge in [0.05, 0.1) is 17.3 Å². The number of carbonyl (C=O) groups excluding carboxylic acids is 1. The van der Waals surface area contributed by atoms with E-state index in [1.165, 1.54) is 11.3 Å². The molecule has 1 heterocycles. The molecule has 0 radical (unpaired) electrons. The van der Waals surface area contributed by atoms with Gasteiger partial charge in [0.2, 0.25) is 5.91 Å². The van der Waals surface area contributed by atoms with E-state index >= 15 is 0 Å². The number of benzene rings is 1. The minimum Gasteiger partial charge on any atom is -0.497 e. The number of rotatable bonds is 3. The van der Waals surface area contributed by atoms with Crippen LogP contribution in [-0.4, -0.2) is 18.0 Å². The van der Waals surface area contributed by atoms with Gasteiger partial charge >= 0.3 is 0 Å². The molecule has 0 aliphatic heterocycles. The summed E-state index contributed by atoms with van der Waals surface area (Å²) in [6, 6.07) is 5.72. The van der Waals surface area contributed by atoms with Gasteiger partial charge < -0.3 is 10.1 Å². The van der Waals surface area contributed by atoms with Gasteiger partial charge in [-0.2, -0.15) is 0 Å². The van der Waals surface area contributed by atoms with E-state index in [9.17, 15) is 4.79 Å². The van der Waals surface area contributed by atoms with E-state index in [0.717, 1.165) is 35.2 Å². The van der Waals surface area contributed by atoms with Gasteiger partial charge in [-0.25, -0.2) is 4.98 Å². The summed E-state index contributed by atoms with van der Waals surface area (Å²) in [6.45, 7) is 0. The van der Waals surface area contributed by atoms with E-state index < -0.39 is 0 Å². The lowest BCUT2D eigenvalue weighted by atomic mass is 9.94. The van der Waals surface area contributed by atoms with Crippen molar-refractivity contribution >= 4 is 32.6 Å². The SMILES string of the molecule is COc1ccc2nc(NC(=O)C3CC=CCC3)sc2c1. The minimum atomic E-state index is 0.0698. The first-order valence-corrected chi connectivity index (χ1v) is 7.48. The Kier molecular flexibility index (Phi) is 3.69. The van der Waals surface area contributed by atoms with Gasteiger partial charge in [-0.05, 0) is 37.5 Å². The fourth-order valence-electron chi connectivity index (χ4n) is 2.32. The molecule has 1 aliphatic rings. The first-order chi connectivity index (χ1) is 9.76. The van der Waals surface area contributed by atoms with Gasteiger partial charge in [0.15, 0.2) is 5.13 Å². The van der Waals surface area contributed by atoms with E-state index in [2.05, 4.69) is 22.5 Å². The number of hydrogen-bond donors (Lipinski definition) is 1. The van der Waals surface area contributed by atoms with Crippen molar-refractivity contribution in [3.63, 3.8) is 0 Å². The molecule has 20 heavy (non-hydrogen) atoms. The number of nitrogens with one attached hydrogen (secondary N) is 1. The number of anilines is 1. The highest BCUT2D eigenvalue weighted by molar-refractivity contribution is 7.22. The van der Waals surface area contributed by atoms with Gasteiger partial charge in [0, 0.05) is 5.92 Å². The average Bonchev–Trinajstić information content (AvgIpc) is 2.89. The van der Waals surface area contributed by atoms with Gasteiger partial charge in [0.25, 0.3) is 0 Å². The first kappa shape index (κ1) is 13.1. The predicted octanol–water partition coefficient (Wildman–Crippen LogP) is 3.60. The van der Waals surface area contributed by atoms with Gasteiger partial charge in [-0.3, -0.25) is 4.79 Å². The zero-order valence-corrected chi connectivity index (χ0v) is 12.1. The third-order valence-electron chi connectivity index (χ3n) is 3.47. The van der Waals surface area contributed by atoms with Crippen LogP contribution < -0.4 is 10.1 Å². The van der Waals surface area contributed by atoms with Crippen molar-refractivity contribution in [2.45, 2.75) is 19.3 Å². The minimum absolute atomic E-state index is 0.0698. The number of aromatic nitrogens is 1. The van der Waals surface area contributed by atoms with Crippen LogP contribution in [0.2, 0.25) is 0 Å². The quantitative estimate of drug-likeness (QED) is 0.878. The number of fused-ring (bicyclic) bond motifs is 1. The Morgan fingerprint density at radius 1 is 1.45 bits per heavy atom. The second kappa shape index (κ2) is 5.63. The molecule has 1 aromatic carbocycles. The molecule has 1 N–H and O–H groups in total. The number of hydrogen-bond acceptors (Lipinski definition) is 4. The second-order valence-electron chi connectivity index (χ2n) is 4.82. The van der Waals surface area contributed by atoms with Crippen LogP contribution in [0.5, 0.6) is 5.75 Å². The Balaban J connectivity index is 1.77. The molecule has 0 saturated carbocycles. The van der Waals surface area contributed by atoms with E-state index in [4.69, 9.17) is 4.74 Å². The highest BCUT2D eigenvalue weighted by atomic mass is 32.1. The molecule has 0 bridgehead atoms. The largest absolute Gasteiger partial charge is 0.497 e. The zero-order chi connectivity index (χ0) is 13.9. The van der Waals surface area contributed by atoms with Gasteiger partial charge in [-0.15, -0.1) is 0 Å². The second-order valence-corrected chi connectivity index (χ2v) is 5.85. The maximum atomic E-state index is 12.2. The van der Waals surface area contributed by atoms with Crippen LogP contribution in [-0.2, 0) is 4.79 Å². The number of nitrogens with zero attached hydrogens (tertiary/aromatic N) is 1. The molecule has 1 atom stereocenters. The molecule has 2 aromatic rings. The number of amides is 1. The van der Waals surface area contributed by atoms with Crippen LogP contribution in [0.3, 0.4) is 0 Å². The lowest BCUT2D eigenvalue weighted by molar-refractivity contribution is -0.120. The summed E-state index contributed by atoms with van der Waals surface area (Å²) in [4.78, 5) is 16.6. The van der Waals surface area contributed by atoms with Gasteiger partial charge in [-0.1, -0.05) is 23.5 Å². The summed E-state index contributed by atoms with van der Waals surface area (Å²) in [5, 5.41) is 3.59. The first-order valence-electron chi connectivity index (χ1n) is 6.66. The van der Waals surface area contributed by atoms with Crippen molar-refractivity contribution in [3.8, 4) is 5.75 Å². The van der Waals surface area contributed by atoms with Crippen molar-refractivity contribution in [1.29, 1.82) is 0 Å². The van der Waals surface area contributed by atoms with Crippen LogP contribution in [0.4, 0.5) is 5.13 Å². The Morgan fingerprint density at radius 3 is 3.10 bits per heavy atom. The lowest BCUT2D eigenvalue weighted by Crippen LogP contribution is -2.23. The van der Waals surface area contributed by atoms with E-state index in [1.54, 1.807) is 7.11 Å². The Morgan fingerprint density at radius 2 is 2.35 bits per heavy atom.